The summed E-state index contributed by atoms with van der Waals surface area (Å²) in [6, 6.07) is 4.23. The van der Waals surface area contributed by atoms with Crippen LogP contribution in [-0.4, -0.2) is 69.2 Å². The van der Waals surface area contributed by atoms with Crippen molar-refractivity contribution < 1.29 is 19.1 Å². The van der Waals surface area contributed by atoms with E-state index in [4.69, 9.17) is 21.9 Å². The van der Waals surface area contributed by atoms with E-state index in [0.717, 1.165) is 37.4 Å². The first-order valence-electron chi connectivity index (χ1n) is 12.2. The molecule has 2 aromatic rings. The van der Waals surface area contributed by atoms with E-state index in [0.29, 0.717) is 34.5 Å². The van der Waals surface area contributed by atoms with Gasteiger partial charge in [0.05, 0.1) is 24.0 Å². The number of fused-ring (bicyclic) bond motifs is 1. The summed E-state index contributed by atoms with van der Waals surface area (Å²) in [4.78, 5) is 60.0. The van der Waals surface area contributed by atoms with E-state index in [2.05, 4.69) is 12.2 Å². The summed E-state index contributed by atoms with van der Waals surface area (Å²) in [7, 11) is 1.25. The van der Waals surface area contributed by atoms with Crippen LogP contribution in [0, 0.1) is 0 Å². The number of unbranched alkanes of at least 4 members (excludes halogenated alkanes) is 3. The van der Waals surface area contributed by atoms with Crippen LogP contribution in [0.15, 0.2) is 34.1 Å². The zero-order chi connectivity index (χ0) is 26.5. The molecule has 1 N–H and O–H groups in total. The van der Waals surface area contributed by atoms with Crippen molar-refractivity contribution in [2.24, 2.45) is 0 Å². The molecular weight excluding hydrogens is 514 g/mol. The molecule has 2 fully saturated rings. The van der Waals surface area contributed by atoms with Gasteiger partial charge in [-0.25, -0.2) is 4.98 Å². The molecule has 4 heterocycles. The number of thiocarbonyl (C=S) groups is 1. The number of methoxy groups -OCH3 is 1. The molecule has 4 rings (SSSR count). The Hall–Kier alpha value is -3.25. The highest BCUT2D eigenvalue weighted by atomic mass is 32.2. The lowest BCUT2D eigenvalue weighted by Gasteiger charge is -2.36. The monoisotopic (exact) mass is 543 g/mol. The second-order valence-corrected chi connectivity index (χ2v) is 10.4. The summed E-state index contributed by atoms with van der Waals surface area (Å²) in [6.07, 6.45) is 6.92. The number of esters is 1. The largest absolute Gasteiger partial charge is 0.469 e. The summed E-state index contributed by atoms with van der Waals surface area (Å²) in [6.45, 7) is 3.28. The number of hydrogen-bond acceptors (Lipinski definition) is 9. The smallest absolute Gasteiger partial charge is 0.308 e. The lowest BCUT2D eigenvalue weighted by molar-refractivity contribution is -0.143. The first kappa shape index (κ1) is 26.8. The fourth-order valence-corrected chi connectivity index (χ4v) is 5.66. The van der Waals surface area contributed by atoms with Gasteiger partial charge in [0, 0.05) is 25.8 Å². The Labute approximate surface area is 224 Å². The molecule has 2 aliphatic rings. The predicted molar refractivity (Wildman–Crippen MR) is 146 cm³/mol. The molecule has 196 valence electrons. The molecule has 0 unspecified atom stereocenters. The Kier molecular flexibility index (Phi) is 8.59. The van der Waals surface area contributed by atoms with E-state index in [-0.39, 0.29) is 29.6 Å². The lowest BCUT2D eigenvalue weighted by Crippen LogP contribution is -2.57. The third-order valence-electron chi connectivity index (χ3n) is 6.32. The number of rotatable bonds is 9. The predicted octanol–water partition coefficient (Wildman–Crippen LogP) is 2.34. The van der Waals surface area contributed by atoms with Gasteiger partial charge in [0.15, 0.2) is 0 Å². The summed E-state index contributed by atoms with van der Waals surface area (Å²) < 4.78 is 6.63. The fourth-order valence-electron chi connectivity index (χ4n) is 4.37. The van der Waals surface area contributed by atoms with Gasteiger partial charge in [0.1, 0.15) is 21.8 Å². The number of nitrogens with zero attached hydrogens (tertiary/aromatic N) is 4. The lowest BCUT2D eigenvalue weighted by atomic mass is 10.1. The van der Waals surface area contributed by atoms with Crippen molar-refractivity contribution >= 4 is 63.6 Å². The van der Waals surface area contributed by atoms with E-state index >= 15 is 0 Å². The van der Waals surface area contributed by atoms with Gasteiger partial charge in [-0.15, -0.1) is 0 Å². The second kappa shape index (κ2) is 11.9. The Morgan fingerprint density at radius 2 is 2.08 bits per heavy atom. The normalized spacial score (nSPS) is 19.1. The van der Waals surface area contributed by atoms with E-state index in [1.807, 2.05) is 0 Å². The third kappa shape index (κ3) is 5.69. The molecule has 0 bridgehead atoms. The molecular formula is C25H29N5O5S2. The van der Waals surface area contributed by atoms with Gasteiger partial charge in [-0.05, 0) is 24.6 Å². The number of thioether (sulfide) groups is 1. The molecule has 0 radical (unpaired) electrons. The molecule has 12 heteroatoms. The number of pyridine rings is 1. The summed E-state index contributed by atoms with van der Waals surface area (Å²) >= 11 is 6.61. The number of hydrogen-bond donors (Lipinski definition) is 1. The molecule has 10 nitrogen and oxygen atoms in total. The minimum Gasteiger partial charge on any atom is -0.469 e. The van der Waals surface area contributed by atoms with Gasteiger partial charge in [0.2, 0.25) is 5.91 Å². The maximum absolute atomic E-state index is 13.7. The second-order valence-electron chi connectivity index (χ2n) is 8.76. The van der Waals surface area contributed by atoms with Gasteiger partial charge in [-0.2, -0.15) is 0 Å². The average Bonchev–Trinajstić information content (AvgIpc) is 3.16. The Balaban J connectivity index is 1.78. The van der Waals surface area contributed by atoms with Gasteiger partial charge in [-0.1, -0.05) is 56.2 Å². The van der Waals surface area contributed by atoms with E-state index in [9.17, 15) is 19.2 Å². The Morgan fingerprint density at radius 1 is 1.27 bits per heavy atom. The van der Waals surface area contributed by atoms with Crippen molar-refractivity contribution in [1.29, 1.82) is 0 Å². The SMILES string of the molecule is CCCCCCN1C(=O)/C(=C/c2c(N3CCNC(=O)[C@@H]3CC(=O)OC)nc3ccccn3c2=O)SC1=S. The fraction of sp³-hybridized carbons (Fsp3) is 0.440. The quantitative estimate of drug-likeness (QED) is 0.220. The van der Waals surface area contributed by atoms with E-state index in [1.54, 1.807) is 34.2 Å². The van der Waals surface area contributed by atoms with Crippen LogP contribution >= 0.6 is 24.0 Å². The zero-order valence-electron chi connectivity index (χ0n) is 20.8. The number of ether oxygens (including phenoxy) is 1. The standard InChI is InChI=1S/C25H29N5O5S2/c1-3-4-5-7-12-30-24(34)18(37-25(30)36)14-16-21(27-19-9-6-8-11-29(19)23(16)33)28-13-10-26-22(32)17(28)15-20(31)35-2/h6,8-9,11,14,17H,3-5,7,10,12-13,15H2,1-2H3,(H,26,32)/b18-14-/t17-/m0/s1. The average molecular weight is 544 g/mol. The van der Waals surface area contributed by atoms with E-state index in [1.165, 1.54) is 17.6 Å². The van der Waals surface area contributed by atoms with Crippen LogP contribution in [0.4, 0.5) is 5.82 Å². The Bertz CT molecular complexity index is 1320. The van der Waals surface area contributed by atoms with Crippen LogP contribution < -0.4 is 15.8 Å². The van der Waals surface area contributed by atoms with Crippen LogP contribution in [0.25, 0.3) is 11.7 Å². The molecule has 0 saturated carbocycles. The number of piperazine rings is 1. The van der Waals surface area contributed by atoms with Gasteiger partial charge in [-0.3, -0.25) is 28.5 Å². The number of nitrogens with one attached hydrogen (secondary N) is 1. The first-order valence-corrected chi connectivity index (χ1v) is 13.5. The van der Waals surface area contributed by atoms with Crippen molar-refractivity contribution in [3.63, 3.8) is 0 Å². The zero-order valence-corrected chi connectivity index (χ0v) is 22.4. The molecule has 2 aromatic heterocycles. The summed E-state index contributed by atoms with van der Waals surface area (Å²) in [5.41, 5.74) is 0.141. The molecule has 0 aliphatic carbocycles. The maximum Gasteiger partial charge on any atom is 0.308 e. The first-order chi connectivity index (χ1) is 17.8. The van der Waals surface area contributed by atoms with Crippen LogP contribution in [-0.2, 0) is 19.1 Å². The number of amides is 2. The van der Waals surface area contributed by atoms with Gasteiger partial charge in [0.25, 0.3) is 11.5 Å². The minimum absolute atomic E-state index is 0.153. The molecule has 2 aliphatic heterocycles. The number of anilines is 1. The van der Waals surface area contributed by atoms with E-state index < -0.39 is 17.6 Å². The van der Waals surface area contributed by atoms with Crippen molar-refractivity contribution in [3.05, 3.63) is 45.2 Å². The van der Waals surface area contributed by atoms with Crippen LogP contribution in [0.3, 0.4) is 0 Å². The topological polar surface area (TPSA) is 113 Å². The van der Waals surface area contributed by atoms with Crippen molar-refractivity contribution in [1.82, 2.24) is 19.6 Å². The van der Waals surface area contributed by atoms with Crippen LogP contribution in [0.2, 0.25) is 0 Å². The molecule has 1 atom stereocenters. The molecule has 0 aromatic carbocycles. The highest BCUT2D eigenvalue weighted by Gasteiger charge is 2.36. The number of aromatic nitrogens is 2. The van der Waals surface area contributed by atoms with Gasteiger partial charge < -0.3 is 15.0 Å². The minimum atomic E-state index is -0.917. The molecule has 2 amide bonds. The van der Waals surface area contributed by atoms with Crippen molar-refractivity contribution in [2.75, 3.05) is 31.6 Å². The number of carbonyl (C=O) groups excluding carboxylic acids is 3. The maximum atomic E-state index is 13.7. The third-order valence-corrected chi connectivity index (χ3v) is 7.70. The van der Waals surface area contributed by atoms with Crippen LogP contribution in [0.1, 0.15) is 44.6 Å². The highest BCUT2D eigenvalue weighted by Crippen LogP contribution is 2.34. The van der Waals surface area contributed by atoms with Crippen LogP contribution in [0.5, 0.6) is 0 Å². The van der Waals surface area contributed by atoms with Crippen molar-refractivity contribution in [2.45, 2.75) is 45.1 Å². The highest BCUT2D eigenvalue weighted by molar-refractivity contribution is 8.26. The van der Waals surface area contributed by atoms with Crippen molar-refractivity contribution in [3.8, 4) is 0 Å². The molecule has 0 spiro atoms. The summed E-state index contributed by atoms with van der Waals surface area (Å²) in [5.74, 6) is -0.947. The Morgan fingerprint density at radius 3 is 2.84 bits per heavy atom. The summed E-state index contributed by atoms with van der Waals surface area (Å²) in [5, 5.41) is 2.76. The number of carbonyl (C=O) groups is 3. The molecule has 2 saturated heterocycles. The van der Waals surface area contributed by atoms with Gasteiger partial charge >= 0.3 is 5.97 Å². The molecule has 37 heavy (non-hydrogen) atoms.